The van der Waals surface area contributed by atoms with Gasteiger partial charge in [-0.3, -0.25) is 14.7 Å². The van der Waals surface area contributed by atoms with Gasteiger partial charge < -0.3 is 5.32 Å². The van der Waals surface area contributed by atoms with Crippen LogP contribution in [0.15, 0.2) is 36.5 Å². The summed E-state index contributed by atoms with van der Waals surface area (Å²) in [6, 6.07) is 10.3. The fourth-order valence-corrected chi connectivity index (χ4v) is 4.74. The van der Waals surface area contributed by atoms with Crippen LogP contribution < -0.4 is 5.32 Å². The Morgan fingerprint density at radius 2 is 1.91 bits per heavy atom. The Bertz CT molecular complexity index is 775. The van der Waals surface area contributed by atoms with E-state index in [9.17, 15) is 4.79 Å². The van der Waals surface area contributed by atoms with Crippen LogP contribution in [0.25, 0.3) is 10.8 Å². The summed E-state index contributed by atoms with van der Waals surface area (Å²) in [4.78, 5) is 19.8. The average molecular weight is 307 g/mol. The van der Waals surface area contributed by atoms with E-state index in [2.05, 4.69) is 15.2 Å². The van der Waals surface area contributed by atoms with Crippen molar-refractivity contribution in [3.63, 3.8) is 0 Å². The van der Waals surface area contributed by atoms with Gasteiger partial charge in [-0.05, 0) is 56.1 Å². The predicted octanol–water partition coefficient (Wildman–Crippen LogP) is 2.59. The molecule has 1 atom stereocenters. The Labute approximate surface area is 135 Å². The third-order valence-electron chi connectivity index (χ3n) is 6.13. The van der Waals surface area contributed by atoms with Gasteiger partial charge in [-0.2, -0.15) is 0 Å². The van der Waals surface area contributed by atoms with E-state index in [-0.39, 0.29) is 11.4 Å². The van der Waals surface area contributed by atoms with Crippen LogP contribution in [-0.4, -0.2) is 40.5 Å². The topological polar surface area (TPSA) is 45.2 Å². The molecule has 6 rings (SSSR count). The standard InChI is InChI=1S/C19H21N3O/c23-18(16-11-14-3-1-2-4-15(14)12-20-16)21-17-13-5-9-22(10-6-13)19(17)7-8-19/h1-4,11-13,17H,5-10H2,(H,21,23)/t17-/m1/s1. The Kier molecular flexibility index (Phi) is 2.80. The molecule has 1 aromatic heterocycles. The van der Waals surface area contributed by atoms with Gasteiger partial charge in [0.05, 0.1) is 6.04 Å². The SMILES string of the molecule is O=C(N[C@@H]1C2CCN(CC2)C12CC2)c1cc2ccccc2cn1. The molecule has 1 aromatic carbocycles. The van der Waals surface area contributed by atoms with Crippen LogP contribution >= 0.6 is 0 Å². The van der Waals surface area contributed by atoms with Crippen LogP contribution in [0, 0.1) is 5.92 Å². The highest BCUT2D eigenvalue weighted by Gasteiger charge is 2.60. The van der Waals surface area contributed by atoms with Gasteiger partial charge in [0.2, 0.25) is 0 Å². The number of pyridine rings is 1. The van der Waals surface area contributed by atoms with Gasteiger partial charge in [0.15, 0.2) is 0 Å². The molecule has 118 valence electrons. The zero-order valence-electron chi connectivity index (χ0n) is 13.2. The lowest BCUT2D eigenvalue weighted by atomic mass is 9.77. The van der Waals surface area contributed by atoms with E-state index in [0.717, 1.165) is 10.8 Å². The van der Waals surface area contributed by atoms with Gasteiger partial charge in [0.1, 0.15) is 5.69 Å². The van der Waals surface area contributed by atoms with Gasteiger partial charge in [0, 0.05) is 17.1 Å². The van der Waals surface area contributed by atoms with Gasteiger partial charge in [-0.1, -0.05) is 24.3 Å². The largest absolute Gasteiger partial charge is 0.346 e. The Morgan fingerprint density at radius 3 is 2.65 bits per heavy atom. The maximum Gasteiger partial charge on any atom is 0.270 e. The number of hydrogen-bond acceptors (Lipinski definition) is 3. The molecular weight excluding hydrogens is 286 g/mol. The van der Waals surface area contributed by atoms with E-state index in [1.807, 2.05) is 30.3 Å². The summed E-state index contributed by atoms with van der Waals surface area (Å²) in [6.45, 7) is 2.43. The highest BCUT2D eigenvalue weighted by atomic mass is 16.2. The number of amides is 1. The summed E-state index contributed by atoms with van der Waals surface area (Å²) in [5.74, 6) is 0.632. The number of nitrogens with zero attached hydrogens (tertiary/aromatic N) is 2. The Balaban J connectivity index is 1.42. The van der Waals surface area contributed by atoms with Crippen molar-refractivity contribution in [2.75, 3.05) is 13.1 Å². The number of rotatable bonds is 2. The number of benzene rings is 1. The molecule has 4 heterocycles. The molecule has 0 radical (unpaired) electrons. The molecule has 1 spiro atoms. The smallest absolute Gasteiger partial charge is 0.270 e. The molecule has 1 saturated carbocycles. The third kappa shape index (κ3) is 2.01. The number of fused-ring (bicyclic) bond motifs is 3. The maximum absolute atomic E-state index is 12.8. The zero-order chi connectivity index (χ0) is 15.4. The first-order valence-corrected chi connectivity index (χ1v) is 8.67. The van der Waals surface area contributed by atoms with E-state index in [0.29, 0.717) is 17.7 Å². The maximum atomic E-state index is 12.8. The van der Waals surface area contributed by atoms with Crippen molar-refractivity contribution in [2.24, 2.45) is 5.92 Å². The molecule has 1 amide bonds. The quantitative estimate of drug-likeness (QED) is 0.927. The molecular formula is C19H21N3O. The van der Waals surface area contributed by atoms with Crippen LogP contribution in [-0.2, 0) is 0 Å². The number of carbonyl (C=O) groups excluding carboxylic acids is 1. The van der Waals surface area contributed by atoms with Crippen LogP contribution in [0.2, 0.25) is 0 Å². The molecule has 1 aliphatic carbocycles. The Morgan fingerprint density at radius 1 is 1.17 bits per heavy atom. The summed E-state index contributed by atoms with van der Waals surface area (Å²) in [5.41, 5.74) is 0.809. The first-order chi connectivity index (χ1) is 11.3. The van der Waals surface area contributed by atoms with E-state index >= 15 is 0 Å². The molecule has 3 aliphatic heterocycles. The average Bonchev–Trinajstić information content (AvgIpc) is 3.39. The number of aromatic nitrogens is 1. The number of nitrogens with one attached hydrogen (secondary N) is 1. The first-order valence-electron chi connectivity index (χ1n) is 8.67. The van der Waals surface area contributed by atoms with Gasteiger partial charge >= 0.3 is 0 Å². The number of hydrogen-bond donors (Lipinski definition) is 1. The molecule has 4 heteroatoms. The summed E-state index contributed by atoms with van der Waals surface area (Å²) in [6.07, 6.45) is 6.71. The zero-order valence-corrected chi connectivity index (χ0v) is 13.2. The van der Waals surface area contributed by atoms with E-state index in [1.165, 1.54) is 38.8 Å². The second-order valence-electron chi connectivity index (χ2n) is 7.30. The highest BCUT2D eigenvalue weighted by Crippen LogP contribution is 2.53. The number of piperidine rings is 3. The minimum atomic E-state index is -0.0132. The van der Waals surface area contributed by atoms with Crippen LogP contribution in [0.3, 0.4) is 0 Å². The summed E-state index contributed by atoms with van der Waals surface area (Å²) in [7, 11) is 0. The fourth-order valence-electron chi connectivity index (χ4n) is 4.74. The minimum absolute atomic E-state index is 0.0132. The van der Waals surface area contributed by atoms with Crippen molar-refractivity contribution in [3.8, 4) is 0 Å². The van der Waals surface area contributed by atoms with Crippen molar-refractivity contribution in [3.05, 3.63) is 42.2 Å². The molecule has 4 nitrogen and oxygen atoms in total. The lowest BCUT2D eigenvalue weighted by molar-refractivity contribution is -0.00152. The summed E-state index contributed by atoms with van der Waals surface area (Å²) in [5, 5.41) is 5.49. The lowest BCUT2D eigenvalue weighted by Crippen LogP contribution is -2.65. The van der Waals surface area contributed by atoms with Gasteiger partial charge in [-0.15, -0.1) is 0 Å². The molecule has 3 saturated heterocycles. The monoisotopic (exact) mass is 307 g/mol. The first kappa shape index (κ1) is 13.5. The summed E-state index contributed by atoms with van der Waals surface area (Å²) < 4.78 is 0. The Hall–Kier alpha value is -1.94. The van der Waals surface area contributed by atoms with Gasteiger partial charge in [-0.25, -0.2) is 0 Å². The lowest BCUT2D eigenvalue weighted by Gasteiger charge is -2.52. The highest BCUT2D eigenvalue weighted by molar-refractivity contribution is 5.96. The molecule has 4 fully saturated rings. The van der Waals surface area contributed by atoms with Gasteiger partial charge in [0.25, 0.3) is 5.91 Å². The fraction of sp³-hybridized carbons (Fsp3) is 0.474. The van der Waals surface area contributed by atoms with Crippen LogP contribution in [0.4, 0.5) is 0 Å². The summed E-state index contributed by atoms with van der Waals surface area (Å²) >= 11 is 0. The van der Waals surface area contributed by atoms with Crippen molar-refractivity contribution in [1.29, 1.82) is 0 Å². The van der Waals surface area contributed by atoms with Crippen molar-refractivity contribution in [1.82, 2.24) is 15.2 Å². The van der Waals surface area contributed by atoms with E-state index in [1.54, 1.807) is 6.20 Å². The molecule has 1 N–H and O–H groups in total. The molecule has 2 bridgehead atoms. The molecule has 2 aromatic rings. The van der Waals surface area contributed by atoms with E-state index in [4.69, 9.17) is 0 Å². The second kappa shape index (κ2) is 4.78. The predicted molar refractivity (Wildman–Crippen MR) is 89.3 cm³/mol. The van der Waals surface area contributed by atoms with Crippen molar-refractivity contribution >= 4 is 16.7 Å². The van der Waals surface area contributed by atoms with Crippen LogP contribution in [0.5, 0.6) is 0 Å². The van der Waals surface area contributed by atoms with E-state index < -0.39 is 0 Å². The second-order valence-corrected chi connectivity index (χ2v) is 7.30. The third-order valence-corrected chi connectivity index (χ3v) is 6.13. The van der Waals surface area contributed by atoms with Crippen molar-refractivity contribution in [2.45, 2.75) is 37.3 Å². The minimum Gasteiger partial charge on any atom is -0.346 e. The molecule has 23 heavy (non-hydrogen) atoms. The molecule has 0 unspecified atom stereocenters. The van der Waals surface area contributed by atoms with Crippen molar-refractivity contribution < 1.29 is 4.79 Å². The normalized spacial score (nSPS) is 30.5. The number of carbonyl (C=O) groups is 1. The van der Waals surface area contributed by atoms with Crippen LogP contribution in [0.1, 0.15) is 36.2 Å². The molecule has 4 aliphatic rings.